The Hall–Kier alpha value is -4.17. The third-order valence-electron chi connectivity index (χ3n) is 5.94. The van der Waals surface area contributed by atoms with E-state index in [-0.39, 0.29) is 11.3 Å². The van der Waals surface area contributed by atoms with Gasteiger partial charge >= 0.3 is 0 Å². The van der Waals surface area contributed by atoms with E-state index in [0.717, 1.165) is 44.1 Å². The third-order valence-corrected chi connectivity index (χ3v) is 7.30. The lowest BCUT2D eigenvalue weighted by Gasteiger charge is -2.32. The van der Waals surface area contributed by atoms with E-state index in [2.05, 4.69) is 31.8 Å². The molecule has 4 rings (SSSR count). The van der Waals surface area contributed by atoms with Gasteiger partial charge < -0.3 is 9.80 Å². The normalized spacial score (nSPS) is 14.4. The van der Waals surface area contributed by atoms with Gasteiger partial charge in [-0.05, 0) is 38.2 Å². The highest BCUT2D eigenvalue weighted by molar-refractivity contribution is 7.92. The molecule has 0 unspecified atom stereocenters. The van der Waals surface area contributed by atoms with Crippen molar-refractivity contribution in [2.75, 3.05) is 42.8 Å². The summed E-state index contributed by atoms with van der Waals surface area (Å²) in [4.78, 5) is 24.7. The molecule has 13 nitrogen and oxygen atoms in total. The predicted octanol–water partition coefficient (Wildman–Crippen LogP) is 2.82. The van der Waals surface area contributed by atoms with E-state index < -0.39 is 36.1 Å². The van der Waals surface area contributed by atoms with Crippen molar-refractivity contribution in [2.24, 2.45) is 0 Å². The summed E-state index contributed by atoms with van der Waals surface area (Å²) in [5.74, 6) is 0.789. The first kappa shape index (κ1) is 24.9. The van der Waals surface area contributed by atoms with Crippen molar-refractivity contribution in [3.8, 4) is 11.3 Å². The van der Waals surface area contributed by atoms with Crippen LogP contribution < -0.4 is 9.62 Å². The van der Waals surface area contributed by atoms with E-state index >= 15 is 0 Å². The molecule has 0 bridgehead atoms. The molecule has 14 heteroatoms. The standard InChI is InChI=1S/C22H23N7O6S/c1-15-20(28(30)31)13-18(14-21(15)29(32)33)36(34,35)25-17-5-3-16(4-6-17)19-7-8-22(24-23-19)27-11-9-26(2)10-12-27/h3-8,13-14,25H,9-12H2,1-2H3. The summed E-state index contributed by atoms with van der Waals surface area (Å²) in [5, 5.41) is 31.2. The Morgan fingerprint density at radius 2 is 1.47 bits per heavy atom. The van der Waals surface area contributed by atoms with Gasteiger partial charge in [-0.25, -0.2) is 8.42 Å². The zero-order valence-corrected chi connectivity index (χ0v) is 20.3. The van der Waals surface area contributed by atoms with Crippen LogP contribution in [-0.2, 0) is 10.0 Å². The number of nitrogens with one attached hydrogen (secondary N) is 1. The van der Waals surface area contributed by atoms with Gasteiger partial charge in [-0.1, -0.05) is 12.1 Å². The average molecular weight is 514 g/mol. The summed E-state index contributed by atoms with van der Waals surface area (Å²) in [6.45, 7) is 4.83. The molecule has 1 saturated heterocycles. The second-order valence-electron chi connectivity index (χ2n) is 8.35. The van der Waals surface area contributed by atoms with Crippen LogP contribution in [0.15, 0.2) is 53.4 Å². The Balaban J connectivity index is 1.52. The Kier molecular flexibility index (Phi) is 6.81. The largest absolute Gasteiger partial charge is 0.353 e. The van der Waals surface area contributed by atoms with Gasteiger partial charge in [-0.3, -0.25) is 25.0 Å². The van der Waals surface area contributed by atoms with Crippen LogP contribution in [0.4, 0.5) is 22.9 Å². The lowest BCUT2D eigenvalue weighted by molar-refractivity contribution is -0.395. The molecule has 1 aliphatic rings. The van der Waals surface area contributed by atoms with Crippen LogP contribution in [0.25, 0.3) is 11.3 Å². The lowest BCUT2D eigenvalue weighted by atomic mass is 10.1. The minimum absolute atomic E-state index is 0.173. The van der Waals surface area contributed by atoms with Crippen molar-refractivity contribution in [2.45, 2.75) is 11.8 Å². The number of aromatic nitrogens is 2. The highest BCUT2D eigenvalue weighted by Gasteiger charge is 2.28. The van der Waals surface area contributed by atoms with E-state index in [4.69, 9.17) is 0 Å². The van der Waals surface area contributed by atoms with Crippen LogP contribution in [-0.4, -0.2) is 66.6 Å². The molecule has 1 aliphatic heterocycles. The van der Waals surface area contributed by atoms with Crippen LogP contribution in [0.2, 0.25) is 0 Å². The zero-order chi connectivity index (χ0) is 26.0. The van der Waals surface area contributed by atoms with Gasteiger partial charge in [-0.15, -0.1) is 10.2 Å². The summed E-state index contributed by atoms with van der Waals surface area (Å²) in [7, 11) is -2.26. The van der Waals surface area contributed by atoms with Crippen LogP contribution in [0, 0.1) is 27.2 Å². The van der Waals surface area contributed by atoms with E-state index in [0.29, 0.717) is 11.3 Å². The van der Waals surface area contributed by atoms with E-state index in [1.165, 1.54) is 19.1 Å². The first-order valence-electron chi connectivity index (χ1n) is 10.9. The Bertz CT molecular complexity index is 1370. The number of nitrogens with zero attached hydrogens (tertiary/aromatic N) is 6. The van der Waals surface area contributed by atoms with Crippen molar-refractivity contribution in [1.82, 2.24) is 15.1 Å². The second-order valence-corrected chi connectivity index (χ2v) is 10.0. The van der Waals surface area contributed by atoms with Crippen molar-refractivity contribution in [3.63, 3.8) is 0 Å². The number of hydrogen-bond acceptors (Lipinski definition) is 10. The quantitative estimate of drug-likeness (QED) is 0.367. The maximum Gasteiger partial charge on any atom is 0.280 e. The molecule has 0 saturated carbocycles. The van der Waals surface area contributed by atoms with Gasteiger partial charge in [-0.2, -0.15) is 0 Å². The van der Waals surface area contributed by atoms with Crippen molar-refractivity contribution in [1.29, 1.82) is 0 Å². The van der Waals surface area contributed by atoms with Gasteiger partial charge in [0.2, 0.25) is 0 Å². The van der Waals surface area contributed by atoms with E-state index in [1.54, 1.807) is 12.1 Å². The Morgan fingerprint density at radius 3 is 1.97 bits per heavy atom. The van der Waals surface area contributed by atoms with E-state index in [9.17, 15) is 28.6 Å². The van der Waals surface area contributed by atoms with Gasteiger partial charge in [0.15, 0.2) is 5.82 Å². The maximum atomic E-state index is 12.8. The van der Waals surface area contributed by atoms with Crippen LogP contribution >= 0.6 is 0 Å². The number of hydrogen-bond donors (Lipinski definition) is 1. The van der Waals surface area contributed by atoms with Crippen molar-refractivity contribution < 1.29 is 18.3 Å². The molecule has 0 atom stereocenters. The average Bonchev–Trinajstić information content (AvgIpc) is 2.84. The van der Waals surface area contributed by atoms with Gasteiger partial charge in [0.25, 0.3) is 21.4 Å². The van der Waals surface area contributed by atoms with Crippen LogP contribution in [0.1, 0.15) is 5.56 Å². The lowest BCUT2D eigenvalue weighted by Crippen LogP contribution is -2.44. The SMILES string of the molecule is Cc1c([N+](=O)[O-])cc(S(=O)(=O)Nc2ccc(-c3ccc(N4CCN(C)CC4)nn3)cc2)cc1[N+](=O)[O-]. The number of nitro groups is 2. The summed E-state index contributed by atoms with van der Waals surface area (Å²) in [5.41, 5.74) is -0.0548. The number of piperazine rings is 1. The smallest absolute Gasteiger partial charge is 0.280 e. The molecule has 0 radical (unpaired) electrons. The highest BCUT2D eigenvalue weighted by atomic mass is 32.2. The fraction of sp³-hybridized carbons (Fsp3) is 0.273. The van der Waals surface area contributed by atoms with Gasteiger partial charge in [0.05, 0.1) is 15.5 Å². The summed E-state index contributed by atoms with van der Waals surface area (Å²) >= 11 is 0. The molecular weight excluding hydrogens is 490 g/mol. The van der Waals surface area contributed by atoms with Gasteiger partial charge in [0.1, 0.15) is 10.5 Å². The molecule has 0 amide bonds. The molecule has 2 aromatic carbocycles. The first-order valence-corrected chi connectivity index (χ1v) is 12.4. The summed E-state index contributed by atoms with van der Waals surface area (Å²) in [6.07, 6.45) is 0. The first-order chi connectivity index (χ1) is 17.0. The number of benzene rings is 2. The number of likely N-dealkylation sites (N-methyl/N-ethyl adjacent to an activating group) is 1. The second kappa shape index (κ2) is 9.83. The summed E-state index contributed by atoms with van der Waals surface area (Å²) in [6, 6.07) is 11.6. The monoisotopic (exact) mass is 513 g/mol. The van der Waals surface area contributed by atoms with Gasteiger partial charge in [0, 0.05) is 49.6 Å². The minimum Gasteiger partial charge on any atom is -0.353 e. The Labute approximate surface area is 206 Å². The molecule has 2 heterocycles. The fourth-order valence-electron chi connectivity index (χ4n) is 3.80. The maximum absolute atomic E-state index is 12.8. The van der Waals surface area contributed by atoms with Crippen molar-refractivity contribution in [3.05, 3.63) is 74.3 Å². The molecule has 0 aliphatic carbocycles. The number of nitro benzene ring substituents is 2. The fourth-order valence-corrected chi connectivity index (χ4v) is 4.90. The number of sulfonamides is 1. The predicted molar refractivity (Wildman–Crippen MR) is 132 cm³/mol. The molecular formula is C22H23N7O6S. The molecule has 1 N–H and O–H groups in total. The third kappa shape index (κ3) is 5.23. The molecule has 188 valence electrons. The molecule has 1 aromatic heterocycles. The molecule has 1 fully saturated rings. The minimum atomic E-state index is -4.34. The zero-order valence-electron chi connectivity index (χ0n) is 19.5. The van der Waals surface area contributed by atoms with Crippen LogP contribution in [0.3, 0.4) is 0 Å². The topological polar surface area (TPSA) is 165 Å². The van der Waals surface area contributed by atoms with E-state index in [1.807, 2.05) is 12.1 Å². The number of rotatable bonds is 7. The molecule has 0 spiro atoms. The molecule has 3 aromatic rings. The number of anilines is 2. The Morgan fingerprint density at radius 1 is 0.889 bits per heavy atom. The highest BCUT2D eigenvalue weighted by Crippen LogP contribution is 2.32. The van der Waals surface area contributed by atoms with Crippen LogP contribution in [0.5, 0.6) is 0 Å². The summed E-state index contributed by atoms with van der Waals surface area (Å²) < 4.78 is 28.0. The molecule has 36 heavy (non-hydrogen) atoms. The van der Waals surface area contributed by atoms with Crippen molar-refractivity contribution >= 4 is 32.9 Å².